The van der Waals surface area contributed by atoms with Crippen LogP contribution in [0, 0.1) is 17.3 Å². The van der Waals surface area contributed by atoms with E-state index in [9.17, 15) is 9.59 Å². The average Bonchev–Trinajstić information content (AvgIpc) is 2.35. The molecule has 0 aromatic carbocycles. The van der Waals surface area contributed by atoms with Crippen LogP contribution in [0.25, 0.3) is 0 Å². The summed E-state index contributed by atoms with van der Waals surface area (Å²) < 4.78 is 0. The Morgan fingerprint density at radius 3 is 2.59 bits per heavy atom. The molecule has 0 N–H and O–H groups in total. The molecule has 1 saturated carbocycles. The Morgan fingerprint density at radius 2 is 1.95 bits per heavy atom. The zero-order valence-electron chi connectivity index (χ0n) is 14.5. The number of carbonyl (C=O) groups is 2. The van der Waals surface area contributed by atoms with Gasteiger partial charge in [0, 0.05) is 6.42 Å². The lowest BCUT2D eigenvalue weighted by atomic mass is 9.57. The Labute approximate surface area is 134 Å². The van der Waals surface area contributed by atoms with E-state index >= 15 is 0 Å². The maximum Gasteiger partial charge on any atom is 0.178 e. The normalized spacial score (nSPS) is 32.1. The first-order valence-electron chi connectivity index (χ1n) is 8.29. The van der Waals surface area contributed by atoms with Crippen molar-refractivity contribution < 1.29 is 9.59 Å². The molecule has 0 aliphatic heterocycles. The van der Waals surface area contributed by atoms with E-state index in [0.717, 1.165) is 24.8 Å². The number of allylic oxidation sites excluding steroid dienone is 6. The third-order valence-electron chi connectivity index (χ3n) is 5.39. The van der Waals surface area contributed by atoms with Crippen molar-refractivity contribution in [3.63, 3.8) is 0 Å². The summed E-state index contributed by atoms with van der Waals surface area (Å²) in [6, 6.07) is 0. The number of carbonyl (C=O) groups excluding carboxylic acids is 2. The lowest BCUT2D eigenvalue weighted by molar-refractivity contribution is -0.119. The fraction of sp³-hybridized carbons (Fsp3) is 0.600. The summed E-state index contributed by atoms with van der Waals surface area (Å²) in [5.41, 5.74) is 3.58. The Hall–Kier alpha value is -1.44. The van der Waals surface area contributed by atoms with Gasteiger partial charge in [0.25, 0.3) is 0 Å². The van der Waals surface area contributed by atoms with Crippen LogP contribution in [-0.2, 0) is 9.59 Å². The van der Waals surface area contributed by atoms with E-state index in [1.54, 1.807) is 12.2 Å². The van der Waals surface area contributed by atoms with Crippen LogP contribution in [0.3, 0.4) is 0 Å². The molecule has 2 aliphatic rings. The summed E-state index contributed by atoms with van der Waals surface area (Å²) in [6.07, 6.45) is 9.23. The summed E-state index contributed by atoms with van der Waals surface area (Å²) in [5, 5.41) is 0. The molecule has 0 spiro atoms. The third-order valence-corrected chi connectivity index (χ3v) is 5.39. The van der Waals surface area contributed by atoms with Crippen molar-refractivity contribution in [2.75, 3.05) is 0 Å². The van der Waals surface area contributed by atoms with Crippen LogP contribution in [0.1, 0.15) is 60.3 Å². The zero-order valence-corrected chi connectivity index (χ0v) is 14.5. The van der Waals surface area contributed by atoms with Gasteiger partial charge in [-0.15, -0.1) is 0 Å². The second kappa shape index (κ2) is 6.36. The van der Waals surface area contributed by atoms with Crippen molar-refractivity contribution in [1.29, 1.82) is 0 Å². The van der Waals surface area contributed by atoms with Crippen LogP contribution >= 0.6 is 0 Å². The highest BCUT2D eigenvalue weighted by molar-refractivity contribution is 6.00. The van der Waals surface area contributed by atoms with Crippen molar-refractivity contribution in [2.45, 2.75) is 60.3 Å². The van der Waals surface area contributed by atoms with Crippen molar-refractivity contribution in [1.82, 2.24) is 0 Å². The van der Waals surface area contributed by atoms with Gasteiger partial charge < -0.3 is 0 Å². The number of ketones is 2. The largest absolute Gasteiger partial charge is 0.295 e. The van der Waals surface area contributed by atoms with Gasteiger partial charge in [0.15, 0.2) is 11.6 Å². The lowest BCUT2D eigenvalue weighted by Crippen LogP contribution is -2.39. The molecule has 2 nitrogen and oxygen atoms in total. The Balaban J connectivity index is 2.16. The van der Waals surface area contributed by atoms with E-state index in [1.807, 2.05) is 19.9 Å². The zero-order chi connectivity index (χ0) is 16.5. The molecule has 0 aromatic rings. The molecule has 0 aromatic heterocycles. The number of hydrogen-bond acceptors (Lipinski definition) is 2. The Bertz CT molecular complexity index is 573. The van der Waals surface area contributed by atoms with Gasteiger partial charge in [-0.05, 0) is 82.4 Å². The fourth-order valence-electron chi connectivity index (χ4n) is 4.20. The molecule has 2 unspecified atom stereocenters. The Kier molecular flexibility index (Phi) is 4.89. The van der Waals surface area contributed by atoms with Crippen molar-refractivity contribution >= 4 is 11.6 Å². The van der Waals surface area contributed by atoms with E-state index < -0.39 is 0 Å². The molecule has 2 aliphatic carbocycles. The van der Waals surface area contributed by atoms with Crippen molar-refractivity contribution in [2.24, 2.45) is 17.3 Å². The monoisotopic (exact) mass is 300 g/mol. The van der Waals surface area contributed by atoms with Crippen LogP contribution < -0.4 is 0 Å². The smallest absolute Gasteiger partial charge is 0.178 e. The maximum absolute atomic E-state index is 12.0. The quantitative estimate of drug-likeness (QED) is 0.701. The van der Waals surface area contributed by atoms with Crippen molar-refractivity contribution in [3.8, 4) is 0 Å². The number of rotatable bonds is 3. The molecule has 0 amide bonds. The van der Waals surface area contributed by atoms with E-state index in [4.69, 9.17) is 0 Å². The molecular formula is C20H28O2. The summed E-state index contributed by atoms with van der Waals surface area (Å²) in [6.45, 7) is 10.3. The van der Waals surface area contributed by atoms with E-state index in [0.29, 0.717) is 18.3 Å². The topological polar surface area (TPSA) is 34.1 Å². The van der Waals surface area contributed by atoms with E-state index in [-0.39, 0.29) is 17.0 Å². The van der Waals surface area contributed by atoms with E-state index in [2.05, 4.69) is 20.8 Å². The van der Waals surface area contributed by atoms with Gasteiger partial charge in [0.2, 0.25) is 0 Å². The van der Waals surface area contributed by atoms with Gasteiger partial charge >= 0.3 is 0 Å². The van der Waals surface area contributed by atoms with Gasteiger partial charge in [-0.1, -0.05) is 23.6 Å². The first-order valence-corrected chi connectivity index (χ1v) is 8.29. The van der Waals surface area contributed by atoms with Crippen LogP contribution in [-0.4, -0.2) is 11.6 Å². The molecule has 2 heteroatoms. The first-order chi connectivity index (χ1) is 10.2. The lowest BCUT2D eigenvalue weighted by Gasteiger charge is -2.47. The van der Waals surface area contributed by atoms with Crippen LogP contribution in [0.4, 0.5) is 0 Å². The molecule has 0 radical (unpaired) electrons. The second-order valence-electron chi connectivity index (χ2n) is 7.72. The second-order valence-corrected chi connectivity index (χ2v) is 7.72. The van der Waals surface area contributed by atoms with Crippen LogP contribution in [0.2, 0.25) is 0 Å². The molecule has 0 heterocycles. The van der Waals surface area contributed by atoms with Gasteiger partial charge in [0.05, 0.1) is 0 Å². The predicted octanol–water partition coefficient (Wildman–Crippen LogP) is 4.81. The molecule has 0 bridgehead atoms. The summed E-state index contributed by atoms with van der Waals surface area (Å²) >= 11 is 0. The highest BCUT2D eigenvalue weighted by Crippen LogP contribution is 2.52. The highest BCUT2D eigenvalue weighted by Gasteiger charge is 2.44. The summed E-state index contributed by atoms with van der Waals surface area (Å²) in [5.74, 6) is 1.31. The fourth-order valence-corrected chi connectivity index (χ4v) is 4.20. The minimum Gasteiger partial charge on any atom is -0.295 e. The average molecular weight is 300 g/mol. The van der Waals surface area contributed by atoms with Gasteiger partial charge in [-0.25, -0.2) is 0 Å². The molecule has 0 saturated heterocycles. The van der Waals surface area contributed by atoms with Crippen molar-refractivity contribution in [3.05, 3.63) is 34.9 Å². The molecular weight excluding hydrogens is 272 g/mol. The number of hydrogen-bond donors (Lipinski definition) is 0. The van der Waals surface area contributed by atoms with E-state index in [1.165, 1.54) is 11.1 Å². The maximum atomic E-state index is 12.0. The third kappa shape index (κ3) is 3.66. The molecule has 120 valence electrons. The Morgan fingerprint density at radius 1 is 1.27 bits per heavy atom. The van der Waals surface area contributed by atoms with Gasteiger partial charge in [-0.2, -0.15) is 0 Å². The molecule has 3 atom stereocenters. The highest BCUT2D eigenvalue weighted by atomic mass is 16.1. The standard InChI is InChI=1S/C20H28O2/c1-13(2)8-17(21)9-14(3)16-6-7-20(5)12-18(22)10-15(4)19(20)11-16/h8-10,16,19H,6-7,11-12H2,1-5H3/b14-9+/t16?,19-,20?/m0/s1. The minimum atomic E-state index is 0.0944. The SMILES string of the molecule is CC(C)=CC(=O)/C=C(\C)C1CCC2(C)CC(=O)C=C(C)[C@@H]2C1. The molecule has 1 fully saturated rings. The molecule has 22 heavy (non-hydrogen) atoms. The van der Waals surface area contributed by atoms with Crippen LogP contribution in [0.15, 0.2) is 34.9 Å². The summed E-state index contributed by atoms with van der Waals surface area (Å²) in [4.78, 5) is 23.8. The first kappa shape index (κ1) is 16.9. The predicted molar refractivity (Wildman–Crippen MR) is 90.5 cm³/mol. The number of fused-ring (bicyclic) bond motifs is 1. The van der Waals surface area contributed by atoms with Crippen LogP contribution in [0.5, 0.6) is 0 Å². The van der Waals surface area contributed by atoms with Gasteiger partial charge in [0.1, 0.15) is 0 Å². The summed E-state index contributed by atoms with van der Waals surface area (Å²) in [7, 11) is 0. The van der Waals surface area contributed by atoms with Gasteiger partial charge in [-0.3, -0.25) is 9.59 Å². The minimum absolute atomic E-state index is 0.0944. The molecule has 2 rings (SSSR count).